The third-order valence-corrected chi connectivity index (χ3v) is 1.91. The Bertz CT molecular complexity index is 492. The van der Waals surface area contributed by atoms with Gasteiger partial charge in [0.15, 0.2) is 0 Å². The lowest BCUT2D eigenvalue weighted by atomic mass is 10.3. The van der Waals surface area contributed by atoms with E-state index in [0.717, 1.165) is 5.69 Å². The molecular formula is C12H13BN2O3. The highest BCUT2D eigenvalue weighted by Gasteiger charge is 1.95. The molecule has 3 N–H and O–H groups in total. The number of para-hydroxylation sites is 1. The first-order valence-electron chi connectivity index (χ1n) is 5.24. The van der Waals surface area contributed by atoms with Crippen molar-refractivity contribution in [3.05, 3.63) is 54.6 Å². The topological polar surface area (TPSA) is 85.4 Å². The molecular weight excluding hydrogens is 231 g/mol. The molecule has 0 atom stereocenters. The Kier molecular flexibility index (Phi) is 6.17. The van der Waals surface area contributed by atoms with Crippen molar-refractivity contribution in [3.63, 3.8) is 0 Å². The van der Waals surface area contributed by atoms with E-state index in [-0.39, 0.29) is 5.75 Å². The molecule has 0 aliphatic carbocycles. The number of hydrogen-bond donors (Lipinski definition) is 3. The number of azo groups is 1. The molecule has 5 nitrogen and oxygen atoms in total. The molecule has 0 aliphatic heterocycles. The van der Waals surface area contributed by atoms with Gasteiger partial charge in [0, 0.05) is 0 Å². The largest absolute Gasteiger partial charge is 0.506 e. The van der Waals surface area contributed by atoms with Crippen LogP contribution in [0.4, 0.5) is 11.4 Å². The van der Waals surface area contributed by atoms with E-state index in [2.05, 4.69) is 10.2 Å². The summed E-state index contributed by atoms with van der Waals surface area (Å²) in [5.74, 6) is 0.136. The fourth-order valence-corrected chi connectivity index (χ4v) is 1.15. The molecule has 0 amide bonds. The first-order valence-corrected chi connectivity index (χ1v) is 5.24. The lowest BCUT2D eigenvalue weighted by molar-refractivity contribution is 0.448. The zero-order chi connectivity index (χ0) is 13.2. The molecule has 0 radical (unpaired) electrons. The molecule has 0 spiro atoms. The fourth-order valence-electron chi connectivity index (χ4n) is 1.15. The molecule has 18 heavy (non-hydrogen) atoms. The van der Waals surface area contributed by atoms with Crippen molar-refractivity contribution in [2.75, 3.05) is 0 Å². The Morgan fingerprint density at radius 3 is 1.94 bits per heavy atom. The van der Waals surface area contributed by atoms with Crippen LogP contribution in [0.5, 0.6) is 5.75 Å². The van der Waals surface area contributed by atoms with E-state index in [0.29, 0.717) is 5.69 Å². The average molecular weight is 244 g/mol. The Morgan fingerprint density at radius 2 is 1.33 bits per heavy atom. The van der Waals surface area contributed by atoms with Gasteiger partial charge in [0.25, 0.3) is 0 Å². The summed E-state index contributed by atoms with van der Waals surface area (Å²) in [6.07, 6.45) is 0. The Labute approximate surface area is 105 Å². The highest BCUT2D eigenvalue weighted by atomic mass is 16.4. The first kappa shape index (κ1) is 13.9. The second-order valence-electron chi connectivity index (χ2n) is 3.17. The average Bonchev–Trinajstić information content (AvgIpc) is 2.40. The molecule has 0 saturated carbocycles. The lowest BCUT2D eigenvalue weighted by Crippen LogP contribution is -1.75. The maximum absolute atomic E-state index is 9.43. The number of aromatic hydroxyl groups is 1. The van der Waals surface area contributed by atoms with E-state index in [1.165, 1.54) is 0 Å². The van der Waals surface area contributed by atoms with Crippen molar-refractivity contribution in [2.45, 2.75) is 0 Å². The first-order chi connectivity index (χ1) is 8.77. The molecule has 92 valence electrons. The molecule has 0 aliphatic rings. The van der Waals surface area contributed by atoms with Gasteiger partial charge in [-0.15, -0.1) is 5.11 Å². The maximum Gasteiger partial charge on any atom is 0.432 e. The van der Waals surface area contributed by atoms with Crippen molar-refractivity contribution in [3.8, 4) is 5.75 Å². The summed E-state index contributed by atoms with van der Waals surface area (Å²) in [6, 6.07) is 16.2. The van der Waals surface area contributed by atoms with Crippen molar-refractivity contribution < 1.29 is 15.2 Å². The number of hydrogen-bond acceptors (Lipinski definition) is 5. The molecule has 0 fully saturated rings. The van der Waals surface area contributed by atoms with Crippen LogP contribution in [0.1, 0.15) is 0 Å². The second-order valence-corrected chi connectivity index (χ2v) is 3.17. The molecule has 2 aromatic carbocycles. The summed E-state index contributed by atoms with van der Waals surface area (Å²) < 4.78 is 0. The molecule has 0 bridgehead atoms. The van der Waals surface area contributed by atoms with E-state index in [4.69, 9.17) is 10.0 Å². The third kappa shape index (κ3) is 4.77. The van der Waals surface area contributed by atoms with Crippen molar-refractivity contribution in [1.82, 2.24) is 0 Å². The summed E-state index contributed by atoms with van der Waals surface area (Å²) in [5.41, 5.74) is 1.24. The minimum Gasteiger partial charge on any atom is -0.506 e. The molecule has 0 aromatic heterocycles. The lowest BCUT2D eigenvalue weighted by Gasteiger charge is -1.95. The van der Waals surface area contributed by atoms with Gasteiger partial charge in [-0.25, -0.2) is 0 Å². The molecule has 2 rings (SSSR count). The summed E-state index contributed by atoms with van der Waals surface area (Å²) in [6.45, 7) is 0. The number of rotatable bonds is 2. The van der Waals surface area contributed by atoms with Gasteiger partial charge in [-0.2, -0.15) is 5.11 Å². The smallest absolute Gasteiger partial charge is 0.432 e. The molecule has 6 heteroatoms. The fraction of sp³-hybridized carbons (Fsp3) is 0. The zero-order valence-corrected chi connectivity index (χ0v) is 9.64. The maximum atomic E-state index is 9.43. The van der Waals surface area contributed by atoms with Crippen LogP contribution in [0.15, 0.2) is 64.8 Å². The SMILES string of the molecule is OBO.Oc1ccccc1N=Nc1ccccc1. The predicted octanol–water partition coefficient (Wildman–Crippen LogP) is 2.05. The predicted molar refractivity (Wildman–Crippen MR) is 70.3 cm³/mol. The van der Waals surface area contributed by atoms with E-state index in [9.17, 15) is 5.11 Å². The van der Waals surface area contributed by atoms with Gasteiger partial charge in [-0.05, 0) is 24.3 Å². The van der Waals surface area contributed by atoms with Crippen molar-refractivity contribution in [1.29, 1.82) is 0 Å². The van der Waals surface area contributed by atoms with E-state index < -0.39 is 7.69 Å². The van der Waals surface area contributed by atoms with Crippen LogP contribution >= 0.6 is 0 Å². The summed E-state index contributed by atoms with van der Waals surface area (Å²) in [7, 11) is -0.750. The van der Waals surface area contributed by atoms with Crippen molar-refractivity contribution >= 4 is 19.1 Å². The number of benzene rings is 2. The number of phenolic OH excluding ortho intramolecular Hbond substituents is 1. The molecule has 0 saturated heterocycles. The van der Waals surface area contributed by atoms with Crippen LogP contribution in [-0.2, 0) is 0 Å². The molecule has 2 aromatic rings. The monoisotopic (exact) mass is 244 g/mol. The quantitative estimate of drug-likeness (QED) is 0.558. The van der Waals surface area contributed by atoms with Crippen LogP contribution < -0.4 is 0 Å². The van der Waals surface area contributed by atoms with E-state index in [1.807, 2.05) is 30.3 Å². The van der Waals surface area contributed by atoms with Gasteiger partial charge >= 0.3 is 7.69 Å². The zero-order valence-electron chi connectivity index (χ0n) is 9.64. The highest BCUT2D eigenvalue weighted by Crippen LogP contribution is 2.26. The van der Waals surface area contributed by atoms with Crippen LogP contribution in [0.3, 0.4) is 0 Å². The molecule has 0 unspecified atom stereocenters. The van der Waals surface area contributed by atoms with E-state index >= 15 is 0 Å². The van der Waals surface area contributed by atoms with Gasteiger partial charge < -0.3 is 15.2 Å². The summed E-state index contributed by atoms with van der Waals surface area (Å²) in [4.78, 5) is 0. The van der Waals surface area contributed by atoms with Gasteiger partial charge in [-0.3, -0.25) is 0 Å². The normalized spacial score (nSPS) is 9.67. The summed E-state index contributed by atoms with van der Waals surface area (Å²) >= 11 is 0. The van der Waals surface area contributed by atoms with Gasteiger partial charge in [0.2, 0.25) is 0 Å². The van der Waals surface area contributed by atoms with Crippen molar-refractivity contribution in [2.24, 2.45) is 10.2 Å². The number of phenols is 1. The van der Waals surface area contributed by atoms with Gasteiger partial charge in [0.1, 0.15) is 11.4 Å². The minimum absolute atomic E-state index is 0.136. The Morgan fingerprint density at radius 1 is 0.778 bits per heavy atom. The van der Waals surface area contributed by atoms with Crippen LogP contribution in [0.2, 0.25) is 0 Å². The number of nitrogens with zero attached hydrogens (tertiary/aromatic N) is 2. The summed E-state index contributed by atoms with van der Waals surface area (Å²) in [5, 5.41) is 31.6. The Hall–Kier alpha value is -2.18. The van der Waals surface area contributed by atoms with Crippen LogP contribution in [-0.4, -0.2) is 22.8 Å². The minimum atomic E-state index is -0.750. The Balaban J connectivity index is 0.000000492. The van der Waals surface area contributed by atoms with E-state index in [1.54, 1.807) is 24.3 Å². The third-order valence-electron chi connectivity index (χ3n) is 1.91. The standard InChI is InChI=1S/C12H10N2O.BH3O2/c15-12-9-5-4-8-11(12)14-13-10-6-2-1-3-7-10;2-1-3/h1-9,15H;1-3H. The highest BCUT2D eigenvalue weighted by molar-refractivity contribution is 6.13. The second kappa shape index (κ2) is 8.00. The van der Waals surface area contributed by atoms with Crippen LogP contribution in [0, 0.1) is 0 Å². The van der Waals surface area contributed by atoms with Crippen LogP contribution in [0.25, 0.3) is 0 Å². The van der Waals surface area contributed by atoms with Gasteiger partial charge in [0.05, 0.1) is 5.69 Å². The van der Waals surface area contributed by atoms with Gasteiger partial charge in [-0.1, -0.05) is 30.3 Å². The molecule has 0 heterocycles.